The Bertz CT molecular complexity index is 1090. The molecule has 1 amide bonds. The number of rotatable bonds is 11. The van der Waals surface area contributed by atoms with Crippen molar-refractivity contribution in [2.75, 3.05) is 18.1 Å². The smallest absolute Gasteiger partial charge is 0.389 e. The van der Waals surface area contributed by atoms with Crippen LogP contribution in [0.1, 0.15) is 37.5 Å². The van der Waals surface area contributed by atoms with Gasteiger partial charge in [-0.1, -0.05) is 22.8 Å². The molecule has 7 nitrogen and oxygen atoms in total. The summed E-state index contributed by atoms with van der Waals surface area (Å²) in [6, 6.07) is 7.23. The fourth-order valence-electron chi connectivity index (χ4n) is 3.11. The van der Waals surface area contributed by atoms with E-state index in [9.17, 15) is 18.0 Å². The summed E-state index contributed by atoms with van der Waals surface area (Å²) in [5.74, 6) is -0.198. The lowest BCUT2D eigenvalue weighted by molar-refractivity contribution is -0.137. The largest absolute Gasteiger partial charge is 0.396 e. The Labute approximate surface area is 203 Å². The molecule has 3 heterocycles. The average molecular weight is 514 g/mol. The van der Waals surface area contributed by atoms with Crippen molar-refractivity contribution in [2.45, 2.75) is 38.8 Å². The van der Waals surface area contributed by atoms with Crippen LogP contribution >= 0.6 is 22.9 Å². The lowest BCUT2D eigenvalue weighted by Crippen LogP contribution is -2.30. The summed E-state index contributed by atoms with van der Waals surface area (Å²) in [5, 5.41) is 10.3. The third kappa shape index (κ3) is 7.29. The number of pyridine rings is 1. The van der Waals surface area contributed by atoms with Crippen LogP contribution in [0, 0.1) is 0 Å². The van der Waals surface area contributed by atoms with E-state index in [1.54, 1.807) is 29.3 Å². The molecule has 34 heavy (non-hydrogen) atoms. The van der Waals surface area contributed by atoms with Crippen LogP contribution in [0.2, 0.25) is 5.15 Å². The van der Waals surface area contributed by atoms with Gasteiger partial charge in [-0.25, -0.2) is 4.68 Å². The predicted octanol–water partition coefficient (Wildman–Crippen LogP) is 5.88. The fraction of sp³-hybridized carbons (Fsp3) is 0.364. The number of thiophene rings is 1. The molecule has 0 fully saturated rings. The molecule has 3 aromatic heterocycles. The highest BCUT2D eigenvalue weighted by Crippen LogP contribution is 2.27. The highest BCUT2D eigenvalue weighted by atomic mass is 35.5. The highest BCUT2D eigenvalue weighted by Gasteiger charge is 2.26. The highest BCUT2D eigenvalue weighted by molar-refractivity contribution is 7.12. The standard InChI is InChI=1S/C22H23ClF3N5O2S/c1-2-30(18-15-31(28-21(18)23)16-6-3-11-27-14-16)20(32)9-8-17(19-7-4-13-34-19)29-33-12-5-10-22(24,25)26/h3-4,6-7,11,13-15H,2,5,8-10,12H2,1H3. The lowest BCUT2D eigenvalue weighted by Gasteiger charge is -2.19. The van der Waals surface area contributed by atoms with Crippen molar-refractivity contribution in [3.63, 3.8) is 0 Å². The van der Waals surface area contributed by atoms with Gasteiger partial charge in [0.15, 0.2) is 5.15 Å². The van der Waals surface area contributed by atoms with E-state index in [2.05, 4.69) is 15.2 Å². The first-order valence-corrected chi connectivity index (χ1v) is 11.8. The van der Waals surface area contributed by atoms with Gasteiger partial charge < -0.3 is 9.74 Å². The Morgan fingerprint density at radius 1 is 1.29 bits per heavy atom. The number of hydrogen-bond acceptors (Lipinski definition) is 6. The molecule has 0 aliphatic rings. The second-order valence-corrected chi connectivity index (χ2v) is 8.47. The zero-order valence-electron chi connectivity index (χ0n) is 18.3. The molecule has 3 aromatic rings. The summed E-state index contributed by atoms with van der Waals surface area (Å²) < 4.78 is 38.4. The van der Waals surface area contributed by atoms with Crippen LogP contribution in [0.5, 0.6) is 0 Å². The van der Waals surface area contributed by atoms with E-state index in [1.807, 2.05) is 30.5 Å². The molecular formula is C22H23ClF3N5O2S. The van der Waals surface area contributed by atoms with E-state index >= 15 is 0 Å². The summed E-state index contributed by atoms with van der Waals surface area (Å²) in [4.78, 5) is 24.5. The minimum absolute atomic E-state index is 0.102. The topological polar surface area (TPSA) is 72.6 Å². The number of oxime groups is 1. The zero-order chi connectivity index (χ0) is 24.6. The monoisotopic (exact) mass is 513 g/mol. The minimum Gasteiger partial charge on any atom is -0.396 e. The van der Waals surface area contributed by atoms with Crippen molar-refractivity contribution in [1.29, 1.82) is 0 Å². The van der Waals surface area contributed by atoms with Crippen molar-refractivity contribution >= 4 is 40.2 Å². The third-order valence-corrected chi connectivity index (χ3v) is 5.91. The van der Waals surface area contributed by atoms with Crippen LogP contribution in [0.3, 0.4) is 0 Å². The quantitative estimate of drug-likeness (QED) is 0.182. The van der Waals surface area contributed by atoms with Crippen LogP contribution in [0.4, 0.5) is 18.9 Å². The summed E-state index contributed by atoms with van der Waals surface area (Å²) in [5.41, 5.74) is 1.67. The summed E-state index contributed by atoms with van der Waals surface area (Å²) >= 11 is 7.73. The lowest BCUT2D eigenvalue weighted by atomic mass is 10.1. The number of amides is 1. The maximum absolute atomic E-state index is 13.0. The number of aromatic nitrogens is 3. The Morgan fingerprint density at radius 2 is 2.12 bits per heavy atom. The fourth-order valence-corrected chi connectivity index (χ4v) is 4.07. The van der Waals surface area contributed by atoms with Crippen LogP contribution in [0.15, 0.2) is 53.4 Å². The average Bonchev–Trinajstić information content (AvgIpc) is 3.47. The molecule has 0 aliphatic heterocycles. The molecule has 12 heteroatoms. The first-order chi connectivity index (χ1) is 16.3. The SMILES string of the molecule is CCN(C(=O)CCC(=NOCCCC(F)(F)F)c1cccs1)c1cn(-c2cccnc2)nc1Cl. The summed E-state index contributed by atoms with van der Waals surface area (Å²) in [6.07, 6.45) is -0.0617. The zero-order valence-corrected chi connectivity index (χ0v) is 19.9. The Hall–Kier alpha value is -2.92. The third-order valence-electron chi connectivity index (χ3n) is 4.72. The van der Waals surface area contributed by atoms with Crippen molar-refractivity contribution in [2.24, 2.45) is 5.16 Å². The van der Waals surface area contributed by atoms with Gasteiger partial charge in [-0.2, -0.15) is 18.3 Å². The summed E-state index contributed by atoms with van der Waals surface area (Å²) in [7, 11) is 0. The molecule has 0 atom stereocenters. The van der Waals surface area contributed by atoms with Crippen LogP contribution < -0.4 is 4.90 Å². The van der Waals surface area contributed by atoms with Gasteiger partial charge in [0.25, 0.3) is 0 Å². The molecule has 0 aliphatic carbocycles. The van der Waals surface area contributed by atoms with Crippen LogP contribution in [0.25, 0.3) is 5.69 Å². The number of hydrogen-bond donors (Lipinski definition) is 0. The van der Waals surface area contributed by atoms with E-state index in [0.717, 1.165) is 4.88 Å². The van der Waals surface area contributed by atoms with Gasteiger partial charge in [0.2, 0.25) is 5.91 Å². The van der Waals surface area contributed by atoms with Gasteiger partial charge in [-0.3, -0.25) is 9.78 Å². The van der Waals surface area contributed by atoms with E-state index in [4.69, 9.17) is 16.4 Å². The van der Waals surface area contributed by atoms with E-state index < -0.39 is 12.6 Å². The van der Waals surface area contributed by atoms with Crippen molar-refractivity contribution < 1.29 is 22.8 Å². The normalized spacial score (nSPS) is 12.1. The second-order valence-electron chi connectivity index (χ2n) is 7.17. The van der Waals surface area contributed by atoms with Crippen molar-refractivity contribution in [3.05, 3.63) is 58.3 Å². The number of carbonyl (C=O) groups excluding carboxylic acids is 1. The number of alkyl halides is 3. The van der Waals surface area contributed by atoms with Gasteiger partial charge in [0, 0.05) is 32.0 Å². The minimum atomic E-state index is -4.23. The van der Waals surface area contributed by atoms with Gasteiger partial charge in [0.05, 0.1) is 28.7 Å². The molecule has 0 spiro atoms. The Kier molecular flexibility index (Phi) is 9.05. The number of carbonyl (C=O) groups is 1. The number of nitrogens with zero attached hydrogens (tertiary/aromatic N) is 5. The molecular weight excluding hydrogens is 491 g/mol. The maximum atomic E-state index is 13.0. The molecule has 0 N–H and O–H groups in total. The Balaban J connectivity index is 1.66. The van der Waals surface area contributed by atoms with Crippen molar-refractivity contribution in [3.8, 4) is 5.69 Å². The molecule has 3 rings (SSSR count). The van der Waals surface area contributed by atoms with Gasteiger partial charge in [-0.15, -0.1) is 11.3 Å². The van der Waals surface area contributed by atoms with E-state index in [-0.39, 0.29) is 36.9 Å². The van der Waals surface area contributed by atoms with Crippen LogP contribution in [-0.2, 0) is 9.63 Å². The first kappa shape index (κ1) is 25.7. The number of halogens is 4. The van der Waals surface area contributed by atoms with Crippen molar-refractivity contribution in [1.82, 2.24) is 14.8 Å². The maximum Gasteiger partial charge on any atom is 0.389 e. The van der Waals surface area contributed by atoms with Gasteiger partial charge >= 0.3 is 6.18 Å². The molecule has 0 saturated carbocycles. The van der Waals surface area contributed by atoms with Gasteiger partial charge in [0.1, 0.15) is 12.3 Å². The van der Waals surface area contributed by atoms with E-state index in [0.29, 0.717) is 23.6 Å². The Morgan fingerprint density at radius 3 is 2.76 bits per heavy atom. The molecule has 0 unspecified atom stereocenters. The van der Waals surface area contributed by atoms with Gasteiger partial charge in [-0.05, 0) is 36.9 Å². The molecule has 0 bridgehead atoms. The molecule has 0 saturated heterocycles. The first-order valence-electron chi connectivity index (χ1n) is 10.5. The second kappa shape index (κ2) is 12.0. The van der Waals surface area contributed by atoms with Crippen LogP contribution in [-0.4, -0.2) is 45.7 Å². The molecule has 182 valence electrons. The van der Waals surface area contributed by atoms with E-state index in [1.165, 1.54) is 16.2 Å². The number of anilines is 1. The predicted molar refractivity (Wildman–Crippen MR) is 126 cm³/mol. The molecule has 0 radical (unpaired) electrons. The summed E-state index contributed by atoms with van der Waals surface area (Å²) in [6.45, 7) is 2.04. The molecule has 0 aromatic carbocycles.